The highest BCUT2D eigenvalue weighted by molar-refractivity contribution is 5.79. The second kappa shape index (κ2) is 12.2. The van der Waals surface area contributed by atoms with Crippen molar-refractivity contribution in [1.29, 1.82) is 0 Å². The number of benzene rings is 2. The van der Waals surface area contributed by atoms with Gasteiger partial charge in [0, 0.05) is 32.7 Å². The molecule has 0 unspecified atom stereocenters. The molecule has 0 amide bonds. The number of hydrogen-bond donors (Lipinski definition) is 2. The molecule has 2 aromatic carbocycles. The molecule has 162 valence electrons. The van der Waals surface area contributed by atoms with E-state index in [1.54, 1.807) is 0 Å². The van der Waals surface area contributed by atoms with E-state index < -0.39 is 0 Å². The molecular weight excluding hydrogens is 376 g/mol. The number of hydrogen-bond acceptors (Lipinski definition) is 4. The number of aliphatic imine (C=N–C) groups is 1. The second-order valence-corrected chi connectivity index (χ2v) is 7.48. The van der Waals surface area contributed by atoms with Gasteiger partial charge >= 0.3 is 0 Å². The normalized spacial score (nSPS) is 15.1. The van der Waals surface area contributed by atoms with E-state index in [0.717, 1.165) is 63.2 Å². The van der Waals surface area contributed by atoms with E-state index in [1.807, 2.05) is 12.1 Å². The van der Waals surface area contributed by atoms with Crippen molar-refractivity contribution in [3.63, 3.8) is 0 Å². The highest BCUT2D eigenvalue weighted by atomic mass is 16.5. The molecule has 1 fully saturated rings. The number of aryl methyl sites for hydroxylation is 1. The maximum absolute atomic E-state index is 5.96. The van der Waals surface area contributed by atoms with Crippen LogP contribution in [0, 0.1) is 6.92 Å². The minimum atomic E-state index is 0.601. The van der Waals surface area contributed by atoms with Crippen LogP contribution in [0.3, 0.4) is 0 Å². The third-order valence-corrected chi connectivity index (χ3v) is 5.02. The minimum absolute atomic E-state index is 0.601. The Morgan fingerprint density at radius 3 is 2.63 bits per heavy atom. The van der Waals surface area contributed by atoms with Crippen LogP contribution in [-0.2, 0) is 17.8 Å². The summed E-state index contributed by atoms with van der Waals surface area (Å²) in [6.07, 6.45) is 0. The molecule has 0 atom stereocenters. The number of rotatable bonds is 9. The fraction of sp³-hybridized carbons (Fsp3) is 0.458. The van der Waals surface area contributed by atoms with Gasteiger partial charge in [0.15, 0.2) is 5.96 Å². The van der Waals surface area contributed by atoms with Gasteiger partial charge in [0.05, 0.1) is 19.8 Å². The van der Waals surface area contributed by atoms with Gasteiger partial charge in [0.1, 0.15) is 12.4 Å². The molecule has 3 rings (SSSR count). The molecule has 0 radical (unpaired) electrons. The summed E-state index contributed by atoms with van der Waals surface area (Å²) in [6, 6.07) is 16.7. The summed E-state index contributed by atoms with van der Waals surface area (Å²) in [4.78, 5) is 7.10. The first kappa shape index (κ1) is 22.1. The molecule has 6 nitrogen and oxygen atoms in total. The van der Waals surface area contributed by atoms with Gasteiger partial charge in [-0.25, -0.2) is 4.99 Å². The number of nitrogens with one attached hydrogen (secondary N) is 2. The number of guanidine groups is 1. The van der Waals surface area contributed by atoms with E-state index in [2.05, 4.69) is 65.8 Å². The molecule has 1 aliphatic heterocycles. The van der Waals surface area contributed by atoms with Gasteiger partial charge in [-0.3, -0.25) is 4.90 Å². The van der Waals surface area contributed by atoms with Crippen molar-refractivity contribution in [3.05, 3.63) is 65.2 Å². The number of morpholine rings is 1. The first-order valence-corrected chi connectivity index (χ1v) is 10.8. The summed E-state index contributed by atoms with van der Waals surface area (Å²) in [5.41, 5.74) is 3.64. The summed E-state index contributed by atoms with van der Waals surface area (Å²) in [5, 5.41) is 6.72. The SMILES string of the molecule is CCNC(=NCc1cccc(OCCN2CCOCC2)c1)NCc1ccc(C)cc1. The molecule has 0 spiro atoms. The van der Waals surface area contributed by atoms with Gasteiger partial charge in [-0.15, -0.1) is 0 Å². The van der Waals surface area contributed by atoms with Crippen LogP contribution in [0.1, 0.15) is 23.6 Å². The smallest absolute Gasteiger partial charge is 0.191 e. The molecule has 1 heterocycles. The highest BCUT2D eigenvalue weighted by Crippen LogP contribution is 2.14. The predicted molar refractivity (Wildman–Crippen MR) is 122 cm³/mol. The van der Waals surface area contributed by atoms with Crippen LogP contribution in [0.2, 0.25) is 0 Å². The predicted octanol–water partition coefficient (Wildman–Crippen LogP) is 2.96. The van der Waals surface area contributed by atoms with Gasteiger partial charge in [0.2, 0.25) is 0 Å². The Morgan fingerprint density at radius 1 is 1.07 bits per heavy atom. The zero-order valence-electron chi connectivity index (χ0n) is 18.2. The second-order valence-electron chi connectivity index (χ2n) is 7.48. The van der Waals surface area contributed by atoms with Crippen molar-refractivity contribution in [3.8, 4) is 5.75 Å². The average Bonchev–Trinajstić information content (AvgIpc) is 2.78. The zero-order valence-corrected chi connectivity index (χ0v) is 18.2. The average molecular weight is 411 g/mol. The molecule has 0 aliphatic carbocycles. The Bertz CT molecular complexity index is 786. The Hall–Kier alpha value is -2.57. The van der Waals surface area contributed by atoms with Crippen molar-refractivity contribution in [2.75, 3.05) is 46.0 Å². The van der Waals surface area contributed by atoms with Crippen LogP contribution in [0.25, 0.3) is 0 Å². The van der Waals surface area contributed by atoms with Crippen molar-refractivity contribution >= 4 is 5.96 Å². The van der Waals surface area contributed by atoms with Crippen LogP contribution in [-0.4, -0.2) is 56.9 Å². The van der Waals surface area contributed by atoms with Crippen LogP contribution in [0.15, 0.2) is 53.5 Å². The Balaban J connectivity index is 1.49. The van der Waals surface area contributed by atoms with Gasteiger partial charge in [-0.1, -0.05) is 42.0 Å². The molecule has 0 bridgehead atoms. The lowest BCUT2D eigenvalue weighted by Gasteiger charge is -2.26. The molecule has 1 saturated heterocycles. The Labute approximate surface area is 180 Å². The van der Waals surface area contributed by atoms with Crippen LogP contribution in [0.4, 0.5) is 0 Å². The van der Waals surface area contributed by atoms with E-state index >= 15 is 0 Å². The summed E-state index contributed by atoms with van der Waals surface area (Å²) < 4.78 is 11.3. The lowest BCUT2D eigenvalue weighted by molar-refractivity contribution is 0.0322. The van der Waals surface area contributed by atoms with Gasteiger partial charge in [0.25, 0.3) is 0 Å². The van der Waals surface area contributed by atoms with Crippen molar-refractivity contribution in [1.82, 2.24) is 15.5 Å². The standard InChI is InChI=1S/C24H34N4O2/c1-3-25-24(26-18-21-9-7-20(2)8-10-21)27-19-22-5-4-6-23(17-22)30-16-13-28-11-14-29-15-12-28/h4-10,17H,3,11-16,18-19H2,1-2H3,(H2,25,26,27). The number of ether oxygens (including phenoxy) is 2. The van der Waals surface area contributed by atoms with E-state index in [4.69, 9.17) is 14.5 Å². The molecule has 6 heteroatoms. The third kappa shape index (κ3) is 7.69. The first-order valence-electron chi connectivity index (χ1n) is 10.8. The quantitative estimate of drug-likeness (QED) is 0.492. The van der Waals surface area contributed by atoms with E-state index in [9.17, 15) is 0 Å². The molecule has 2 N–H and O–H groups in total. The zero-order chi connectivity index (χ0) is 21.0. The molecule has 30 heavy (non-hydrogen) atoms. The molecule has 2 aromatic rings. The van der Waals surface area contributed by atoms with Crippen molar-refractivity contribution in [2.24, 2.45) is 4.99 Å². The fourth-order valence-electron chi connectivity index (χ4n) is 3.25. The maximum Gasteiger partial charge on any atom is 0.191 e. The van der Waals surface area contributed by atoms with Crippen molar-refractivity contribution in [2.45, 2.75) is 26.9 Å². The Kier molecular flexibility index (Phi) is 9.00. The minimum Gasteiger partial charge on any atom is -0.492 e. The van der Waals surface area contributed by atoms with Crippen LogP contribution < -0.4 is 15.4 Å². The molecule has 0 aromatic heterocycles. The van der Waals surface area contributed by atoms with Crippen molar-refractivity contribution < 1.29 is 9.47 Å². The van der Waals surface area contributed by atoms with E-state index in [-0.39, 0.29) is 0 Å². The first-order chi connectivity index (χ1) is 14.7. The van der Waals surface area contributed by atoms with Gasteiger partial charge in [-0.2, -0.15) is 0 Å². The summed E-state index contributed by atoms with van der Waals surface area (Å²) in [7, 11) is 0. The van der Waals surface area contributed by atoms with E-state index in [1.165, 1.54) is 11.1 Å². The Morgan fingerprint density at radius 2 is 1.87 bits per heavy atom. The lowest BCUT2D eigenvalue weighted by Crippen LogP contribution is -2.38. The summed E-state index contributed by atoms with van der Waals surface area (Å²) in [5.74, 6) is 1.71. The van der Waals surface area contributed by atoms with E-state index in [0.29, 0.717) is 13.2 Å². The largest absolute Gasteiger partial charge is 0.492 e. The lowest BCUT2D eigenvalue weighted by atomic mass is 10.1. The maximum atomic E-state index is 5.96. The molecule has 0 saturated carbocycles. The molecule has 1 aliphatic rings. The van der Waals surface area contributed by atoms with Gasteiger partial charge < -0.3 is 20.1 Å². The van der Waals surface area contributed by atoms with Gasteiger partial charge in [-0.05, 0) is 37.1 Å². The topological polar surface area (TPSA) is 58.1 Å². The number of nitrogens with zero attached hydrogens (tertiary/aromatic N) is 2. The summed E-state index contributed by atoms with van der Waals surface area (Å²) in [6.45, 7) is 11.6. The fourth-order valence-corrected chi connectivity index (χ4v) is 3.25. The third-order valence-electron chi connectivity index (χ3n) is 5.02. The highest BCUT2D eigenvalue weighted by Gasteiger charge is 2.09. The monoisotopic (exact) mass is 410 g/mol. The van der Waals surface area contributed by atoms with Crippen LogP contribution >= 0.6 is 0 Å². The molecular formula is C24H34N4O2. The summed E-state index contributed by atoms with van der Waals surface area (Å²) >= 11 is 0. The van der Waals surface area contributed by atoms with Crippen LogP contribution in [0.5, 0.6) is 5.75 Å².